The normalized spacial score (nSPS) is 23.4. The van der Waals surface area contributed by atoms with Crippen molar-refractivity contribution in [2.75, 3.05) is 7.05 Å². The monoisotopic (exact) mass is 446 g/mol. The number of halogens is 3. The molecule has 4 rings (SSSR count). The standard InChI is InChI=1S/C24H29F3N4O/c1-28-24(29-14-20-21(25)8-5-9-22(20)32-23(26)27)30-17-12-18-10-11-19(13-17)31(18)15-16-6-3-2-4-7-16/h2-9,17-19,23H,10-15H2,1H3,(H2,28,29,30). The Hall–Kier alpha value is -2.74. The van der Waals surface area contributed by atoms with Crippen molar-refractivity contribution >= 4 is 5.96 Å². The van der Waals surface area contributed by atoms with Crippen molar-refractivity contribution in [1.82, 2.24) is 15.5 Å². The van der Waals surface area contributed by atoms with E-state index in [2.05, 4.69) is 49.5 Å². The summed E-state index contributed by atoms with van der Waals surface area (Å²) in [6.07, 6.45) is 4.38. The van der Waals surface area contributed by atoms with Gasteiger partial charge in [-0.1, -0.05) is 36.4 Å². The van der Waals surface area contributed by atoms with Crippen molar-refractivity contribution in [2.24, 2.45) is 4.99 Å². The summed E-state index contributed by atoms with van der Waals surface area (Å²) in [6, 6.07) is 15.7. The lowest BCUT2D eigenvalue weighted by molar-refractivity contribution is -0.0506. The molecule has 5 nitrogen and oxygen atoms in total. The van der Waals surface area contributed by atoms with E-state index in [9.17, 15) is 13.2 Å². The van der Waals surface area contributed by atoms with Crippen LogP contribution < -0.4 is 15.4 Å². The third-order valence-electron chi connectivity index (χ3n) is 6.38. The van der Waals surface area contributed by atoms with Crippen LogP contribution in [0.3, 0.4) is 0 Å². The van der Waals surface area contributed by atoms with E-state index in [0.29, 0.717) is 18.0 Å². The lowest BCUT2D eigenvalue weighted by Gasteiger charge is -2.39. The molecule has 2 saturated heterocycles. The summed E-state index contributed by atoms with van der Waals surface area (Å²) in [6.45, 7) is -2.05. The van der Waals surface area contributed by atoms with Gasteiger partial charge in [-0.2, -0.15) is 8.78 Å². The highest BCUT2D eigenvalue weighted by atomic mass is 19.3. The van der Waals surface area contributed by atoms with Gasteiger partial charge in [0.05, 0.1) is 0 Å². The third kappa shape index (κ3) is 5.35. The number of guanidine groups is 1. The van der Waals surface area contributed by atoms with Gasteiger partial charge in [-0.3, -0.25) is 9.89 Å². The Bertz CT molecular complexity index is 911. The number of nitrogens with one attached hydrogen (secondary N) is 2. The summed E-state index contributed by atoms with van der Waals surface area (Å²) >= 11 is 0. The van der Waals surface area contributed by atoms with E-state index in [0.717, 1.165) is 19.4 Å². The summed E-state index contributed by atoms with van der Waals surface area (Å²) in [5, 5.41) is 6.49. The molecule has 2 aliphatic heterocycles. The number of hydrogen-bond acceptors (Lipinski definition) is 3. The lowest BCUT2D eigenvalue weighted by Crippen LogP contribution is -2.52. The second-order valence-corrected chi connectivity index (χ2v) is 8.38. The zero-order valence-corrected chi connectivity index (χ0v) is 18.1. The molecule has 2 unspecified atom stereocenters. The van der Waals surface area contributed by atoms with Gasteiger partial charge in [-0.25, -0.2) is 4.39 Å². The van der Waals surface area contributed by atoms with Crippen LogP contribution in [0.4, 0.5) is 13.2 Å². The van der Waals surface area contributed by atoms with E-state index in [1.165, 1.54) is 36.6 Å². The van der Waals surface area contributed by atoms with Crippen molar-refractivity contribution < 1.29 is 17.9 Å². The van der Waals surface area contributed by atoms with Gasteiger partial charge in [0.1, 0.15) is 11.6 Å². The highest BCUT2D eigenvalue weighted by Crippen LogP contribution is 2.36. The molecule has 0 aliphatic carbocycles. The molecule has 2 aromatic carbocycles. The minimum Gasteiger partial charge on any atom is -0.434 e. The first-order valence-corrected chi connectivity index (χ1v) is 11.0. The van der Waals surface area contributed by atoms with Crippen LogP contribution in [0.1, 0.15) is 36.8 Å². The Balaban J connectivity index is 1.34. The lowest BCUT2D eigenvalue weighted by atomic mass is 9.96. The maximum Gasteiger partial charge on any atom is 0.387 e. The first-order valence-electron chi connectivity index (χ1n) is 11.0. The molecule has 0 spiro atoms. The molecule has 2 aliphatic rings. The smallest absolute Gasteiger partial charge is 0.387 e. The zero-order valence-electron chi connectivity index (χ0n) is 18.1. The van der Waals surface area contributed by atoms with Gasteiger partial charge in [-0.15, -0.1) is 0 Å². The van der Waals surface area contributed by atoms with E-state index >= 15 is 0 Å². The summed E-state index contributed by atoms with van der Waals surface area (Å²) in [4.78, 5) is 6.85. The van der Waals surface area contributed by atoms with Crippen LogP contribution in [0.5, 0.6) is 5.75 Å². The van der Waals surface area contributed by atoms with Crippen molar-refractivity contribution in [3.05, 3.63) is 65.5 Å². The molecule has 2 fully saturated rings. The number of alkyl halides is 2. The van der Waals surface area contributed by atoms with Crippen molar-refractivity contribution in [3.63, 3.8) is 0 Å². The summed E-state index contributed by atoms with van der Waals surface area (Å²) in [7, 11) is 1.65. The molecule has 0 radical (unpaired) electrons. The Morgan fingerprint density at radius 3 is 2.47 bits per heavy atom. The number of ether oxygens (including phenoxy) is 1. The maximum atomic E-state index is 14.2. The Labute approximate surface area is 186 Å². The zero-order chi connectivity index (χ0) is 22.5. The van der Waals surface area contributed by atoms with E-state index in [1.807, 2.05) is 6.07 Å². The Morgan fingerprint density at radius 2 is 1.81 bits per heavy atom. The van der Waals surface area contributed by atoms with Crippen LogP contribution in [0.15, 0.2) is 53.5 Å². The van der Waals surface area contributed by atoms with E-state index in [1.54, 1.807) is 7.05 Å². The predicted molar refractivity (Wildman–Crippen MR) is 118 cm³/mol. The van der Waals surface area contributed by atoms with Gasteiger partial charge < -0.3 is 15.4 Å². The molecule has 32 heavy (non-hydrogen) atoms. The molecule has 172 valence electrons. The summed E-state index contributed by atoms with van der Waals surface area (Å²) in [5.41, 5.74) is 1.38. The minimum absolute atomic E-state index is 0.00584. The first kappa shape index (κ1) is 22.5. The van der Waals surface area contributed by atoms with Crippen LogP contribution in [-0.4, -0.2) is 42.6 Å². The summed E-state index contributed by atoms with van der Waals surface area (Å²) in [5.74, 6) is -0.245. The minimum atomic E-state index is -3.01. The number of aliphatic imine (C=N–C) groups is 1. The van der Waals surface area contributed by atoms with Gasteiger partial charge in [0.15, 0.2) is 5.96 Å². The Kier molecular flexibility index (Phi) is 7.19. The highest BCUT2D eigenvalue weighted by molar-refractivity contribution is 5.80. The average molecular weight is 447 g/mol. The maximum absolute atomic E-state index is 14.2. The number of nitrogens with zero attached hydrogens (tertiary/aromatic N) is 2. The van der Waals surface area contributed by atoms with Crippen LogP contribution in [0.2, 0.25) is 0 Å². The second-order valence-electron chi connectivity index (χ2n) is 8.38. The van der Waals surface area contributed by atoms with Crippen LogP contribution >= 0.6 is 0 Å². The molecule has 2 aromatic rings. The fourth-order valence-corrected chi connectivity index (χ4v) is 4.92. The number of hydrogen-bond donors (Lipinski definition) is 2. The molecular formula is C24H29F3N4O. The van der Waals surface area contributed by atoms with Crippen LogP contribution in [0, 0.1) is 5.82 Å². The van der Waals surface area contributed by atoms with Crippen molar-refractivity contribution in [1.29, 1.82) is 0 Å². The fraction of sp³-hybridized carbons (Fsp3) is 0.458. The van der Waals surface area contributed by atoms with Crippen LogP contribution in [-0.2, 0) is 13.1 Å². The average Bonchev–Trinajstić information content (AvgIpc) is 3.00. The molecule has 2 bridgehead atoms. The fourth-order valence-electron chi connectivity index (χ4n) is 4.92. The predicted octanol–water partition coefficient (Wildman–Crippen LogP) is 4.29. The largest absolute Gasteiger partial charge is 0.434 e. The van der Waals surface area contributed by atoms with Crippen molar-refractivity contribution in [3.8, 4) is 5.75 Å². The molecule has 0 saturated carbocycles. The van der Waals surface area contributed by atoms with Gasteiger partial charge in [-0.05, 0) is 43.4 Å². The number of fused-ring (bicyclic) bond motifs is 2. The van der Waals surface area contributed by atoms with Gasteiger partial charge >= 0.3 is 6.61 Å². The second kappa shape index (κ2) is 10.3. The Morgan fingerprint density at radius 1 is 1.09 bits per heavy atom. The number of piperidine rings is 1. The SMILES string of the molecule is CN=C(NCc1c(F)cccc1OC(F)F)NC1CC2CCC(C1)N2Cc1ccccc1. The molecule has 0 aromatic heterocycles. The molecule has 2 atom stereocenters. The van der Waals surface area contributed by atoms with Crippen LogP contribution in [0.25, 0.3) is 0 Å². The summed E-state index contributed by atoms with van der Waals surface area (Å²) < 4.78 is 44.0. The van der Waals surface area contributed by atoms with Gasteiger partial charge in [0.25, 0.3) is 0 Å². The molecular weight excluding hydrogens is 417 g/mol. The van der Waals surface area contributed by atoms with E-state index < -0.39 is 12.4 Å². The molecule has 8 heteroatoms. The van der Waals surface area contributed by atoms with E-state index in [-0.39, 0.29) is 23.9 Å². The van der Waals surface area contributed by atoms with Gasteiger partial charge in [0, 0.05) is 43.8 Å². The first-order chi connectivity index (χ1) is 15.5. The topological polar surface area (TPSA) is 48.9 Å². The highest BCUT2D eigenvalue weighted by Gasteiger charge is 2.40. The van der Waals surface area contributed by atoms with Gasteiger partial charge in [0.2, 0.25) is 0 Å². The third-order valence-corrected chi connectivity index (χ3v) is 6.38. The number of rotatable bonds is 7. The number of benzene rings is 2. The quantitative estimate of drug-likeness (QED) is 0.492. The van der Waals surface area contributed by atoms with E-state index in [4.69, 9.17) is 0 Å². The molecule has 2 heterocycles. The molecule has 2 N–H and O–H groups in total. The van der Waals surface area contributed by atoms with Crippen molar-refractivity contribution in [2.45, 2.75) is 63.5 Å². The molecule has 0 amide bonds.